The van der Waals surface area contributed by atoms with E-state index in [0.717, 1.165) is 16.0 Å². The van der Waals surface area contributed by atoms with E-state index in [0.29, 0.717) is 20.9 Å². The topological polar surface area (TPSA) is 96.5 Å². The van der Waals surface area contributed by atoms with E-state index in [2.05, 4.69) is 20.4 Å². The number of rotatable bonds is 5. The normalized spacial score (nSPS) is 10.6. The monoisotopic (exact) mass is 454 g/mol. The third kappa shape index (κ3) is 4.19. The van der Waals surface area contributed by atoms with Gasteiger partial charge in [-0.15, -0.1) is 5.10 Å². The molecule has 0 spiro atoms. The molecule has 10 heteroatoms. The summed E-state index contributed by atoms with van der Waals surface area (Å²) in [6, 6.07) is 16.6. The van der Waals surface area contributed by atoms with Crippen LogP contribution in [0.4, 0.5) is 5.13 Å². The predicted octanol–water partition coefficient (Wildman–Crippen LogP) is 4.89. The number of nitriles is 1. The summed E-state index contributed by atoms with van der Waals surface area (Å²) in [5.74, 6) is -0.353. The van der Waals surface area contributed by atoms with Crippen LogP contribution in [0.5, 0.6) is 0 Å². The van der Waals surface area contributed by atoms with Crippen LogP contribution in [0.15, 0.2) is 54.9 Å². The van der Waals surface area contributed by atoms with E-state index in [4.69, 9.17) is 28.5 Å². The first-order chi connectivity index (χ1) is 14.5. The van der Waals surface area contributed by atoms with Crippen LogP contribution in [0.3, 0.4) is 0 Å². The highest BCUT2D eigenvalue weighted by Crippen LogP contribution is 2.43. The molecular formula is C20H12Cl2N6OS. The van der Waals surface area contributed by atoms with Crippen LogP contribution in [0, 0.1) is 11.3 Å². The number of thiazole rings is 1. The van der Waals surface area contributed by atoms with E-state index >= 15 is 0 Å². The minimum atomic E-state index is -0.352. The number of halogens is 2. The molecule has 0 radical (unpaired) electrons. The number of nitrogens with one attached hydrogen (secondary N) is 1. The maximum absolute atomic E-state index is 12.4. The van der Waals surface area contributed by atoms with Gasteiger partial charge in [0.1, 0.15) is 18.9 Å². The number of anilines is 1. The molecule has 2 heterocycles. The fourth-order valence-electron chi connectivity index (χ4n) is 2.77. The summed E-state index contributed by atoms with van der Waals surface area (Å²) in [5.41, 5.74) is 2.16. The number of nitrogens with zero attached hydrogens (tertiary/aromatic N) is 5. The zero-order valence-corrected chi connectivity index (χ0v) is 17.5. The second kappa shape index (κ2) is 8.63. The van der Waals surface area contributed by atoms with E-state index in [1.54, 1.807) is 12.1 Å². The Morgan fingerprint density at radius 3 is 2.40 bits per heavy atom. The van der Waals surface area contributed by atoms with Crippen molar-refractivity contribution < 1.29 is 4.79 Å². The lowest BCUT2D eigenvalue weighted by Crippen LogP contribution is -2.19. The summed E-state index contributed by atoms with van der Waals surface area (Å²) in [6.45, 7) is -0.100. The van der Waals surface area contributed by atoms with E-state index in [1.807, 2.05) is 42.5 Å². The maximum atomic E-state index is 12.4. The summed E-state index contributed by atoms with van der Waals surface area (Å²) in [5, 5.41) is 17.0. The highest BCUT2D eigenvalue weighted by Gasteiger charge is 2.20. The highest BCUT2D eigenvalue weighted by atomic mass is 35.5. The molecule has 0 fully saturated rings. The van der Waals surface area contributed by atoms with Gasteiger partial charge in [-0.3, -0.25) is 4.79 Å². The minimum Gasteiger partial charge on any atom is -0.300 e. The van der Waals surface area contributed by atoms with Crippen molar-refractivity contribution >= 4 is 45.6 Å². The first kappa shape index (κ1) is 20.0. The van der Waals surface area contributed by atoms with Gasteiger partial charge in [-0.2, -0.15) is 5.26 Å². The zero-order chi connectivity index (χ0) is 21.1. The van der Waals surface area contributed by atoms with Crippen LogP contribution in [0.2, 0.25) is 10.0 Å². The largest absolute Gasteiger partial charge is 0.300 e. The van der Waals surface area contributed by atoms with Gasteiger partial charge in [0.25, 0.3) is 5.82 Å². The highest BCUT2D eigenvalue weighted by molar-refractivity contribution is 7.19. The summed E-state index contributed by atoms with van der Waals surface area (Å²) >= 11 is 14.1. The number of hydrogen-bond donors (Lipinski definition) is 1. The van der Waals surface area contributed by atoms with Crippen molar-refractivity contribution in [2.45, 2.75) is 6.54 Å². The number of hydrogen-bond acceptors (Lipinski definition) is 6. The molecule has 2 aromatic heterocycles. The summed E-state index contributed by atoms with van der Waals surface area (Å²) in [7, 11) is 0. The molecule has 148 valence electrons. The van der Waals surface area contributed by atoms with Crippen molar-refractivity contribution in [2.75, 3.05) is 5.32 Å². The Morgan fingerprint density at radius 1 is 1.10 bits per heavy atom. The van der Waals surface area contributed by atoms with Crippen molar-refractivity contribution in [3.8, 4) is 27.8 Å². The Balaban J connectivity index is 1.69. The van der Waals surface area contributed by atoms with Crippen LogP contribution >= 0.6 is 34.5 Å². The smallest absolute Gasteiger partial charge is 0.252 e. The van der Waals surface area contributed by atoms with Gasteiger partial charge in [-0.25, -0.2) is 14.6 Å². The standard InChI is InChI=1S/C20H12Cl2N6OS/c21-14-7-3-1-5-12(14)18-19(13-6-2-4-8-15(13)22)30-20(26-18)25-17(29)10-28-11-24-16(9-23)27-28/h1-8,11H,10H2,(H,25,26,29). The first-order valence-electron chi connectivity index (χ1n) is 8.65. The number of amides is 1. The predicted molar refractivity (Wildman–Crippen MR) is 116 cm³/mol. The van der Waals surface area contributed by atoms with Crippen LogP contribution in [-0.2, 0) is 11.3 Å². The average Bonchev–Trinajstić information content (AvgIpc) is 3.35. The fraction of sp³-hybridized carbons (Fsp3) is 0.0500. The first-order valence-corrected chi connectivity index (χ1v) is 10.2. The lowest BCUT2D eigenvalue weighted by Gasteiger charge is -2.06. The molecule has 7 nitrogen and oxygen atoms in total. The van der Waals surface area contributed by atoms with Gasteiger partial charge in [0.2, 0.25) is 5.91 Å². The maximum Gasteiger partial charge on any atom is 0.252 e. The second-order valence-corrected chi connectivity index (χ2v) is 7.90. The summed E-state index contributed by atoms with van der Waals surface area (Å²) in [6.07, 6.45) is 1.32. The quantitative estimate of drug-likeness (QED) is 0.463. The van der Waals surface area contributed by atoms with E-state index in [1.165, 1.54) is 22.3 Å². The lowest BCUT2D eigenvalue weighted by atomic mass is 10.1. The molecule has 1 N–H and O–H groups in total. The fourth-order valence-corrected chi connectivity index (χ4v) is 4.31. The molecule has 0 aliphatic carbocycles. The van der Waals surface area contributed by atoms with Gasteiger partial charge < -0.3 is 5.32 Å². The van der Waals surface area contributed by atoms with Crippen molar-refractivity contribution in [2.24, 2.45) is 0 Å². The summed E-state index contributed by atoms with van der Waals surface area (Å²) in [4.78, 5) is 21.6. The SMILES string of the molecule is N#Cc1ncn(CC(=O)Nc2nc(-c3ccccc3Cl)c(-c3ccccc3Cl)s2)n1. The van der Waals surface area contributed by atoms with Crippen molar-refractivity contribution in [3.05, 3.63) is 70.7 Å². The van der Waals surface area contributed by atoms with Gasteiger partial charge >= 0.3 is 0 Å². The molecule has 4 rings (SSSR count). The molecule has 0 saturated heterocycles. The number of carbonyl (C=O) groups is 1. The van der Waals surface area contributed by atoms with Crippen LogP contribution < -0.4 is 5.32 Å². The molecule has 4 aromatic rings. The molecule has 0 saturated carbocycles. The third-order valence-corrected chi connectivity index (χ3v) is 5.73. The molecule has 0 unspecified atom stereocenters. The Morgan fingerprint density at radius 2 is 1.77 bits per heavy atom. The van der Waals surface area contributed by atoms with Gasteiger partial charge in [-0.1, -0.05) is 70.9 Å². The van der Waals surface area contributed by atoms with Crippen LogP contribution in [-0.4, -0.2) is 25.7 Å². The molecule has 0 atom stereocenters. The van der Waals surface area contributed by atoms with Crippen molar-refractivity contribution in [1.29, 1.82) is 5.26 Å². The summed E-state index contributed by atoms with van der Waals surface area (Å²) < 4.78 is 1.28. The minimum absolute atomic E-state index is 0.000870. The lowest BCUT2D eigenvalue weighted by molar-refractivity contribution is -0.116. The second-order valence-electron chi connectivity index (χ2n) is 6.08. The van der Waals surface area contributed by atoms with Gasteiger partial charge in [0.15, 0.2) is 5.13 Å². The molecule has 30 heavy (non-hydrogen) atoms. The van der Waals surface area contributed by atoms with E-state index in [-0.39, 0.29) is 18.3 Å². The molecular weight excluding hydrogens is 443 g/mol. The van der Waals surface area contributed by atoms with Gasteiger partial charge in [0, 0.05) is 16.1 Å². The number of carbonyl (C=O) groups excluding carboxylic acids is 1. The molecule has 0 aliphatic heterocycles. The Labute approximate surface area is 185 Å². The Kier molecular flexibility index (Phi) is 5.77. The van der Waals surface area contributed by atoms with Crippen molar-refractivity contribution in [3.63, 3.8) is 0 Å². The average molecular weight is 455 g/mol. The molecule has 2 aromatic carbocycles. The Bertz CT molecular complexity index is 1210. The Hall–Kier alpha value is -3.25. The van der Waals surface area contributed by atoms with Gasteiger partial charge in [0.05, 0.1) is 15.6 Å². The molecule has 0 aliphatic rings. The van der Waals surface area contributed by atoms with Crippen molar-refractivity contribution in [1.82, 2.24) is 19.7 Å². The molecule has 0 bridgehead atoms. The third-order valence-electron chi connectivity index (χ3n) is 4.06. The number of aromatic nitrogens is 4. The molecule has 1 amide bonds. The van der Waals surface area contributed by atoms with E-state index < -0.39 is 0 Å². The number of benzene rings is 2. The van der Waals surface area contributed by atoms with Gasteiger partial charge in [-0.05, 0) is 12.1 Å². The van der Waals surface area contributed by atoms with E-state index in [9.17, 15) is 4.79 Å². The van der Waals surface area contributed by atoms with Crippen LogP contribution in [0.25, 0.3) is 21.7 Å². The van der Waals surface area contributed by atoms with Crippen LogP contribution in [0.1, 0.15) is 5.82 Å². The zero-order valence-electron chi connectivity index (χ0n) is 15.2.